The highest BCUT2D eigenvalue weighted by Crippen LogP contribution is 2.26. The number of phenolic OH excluding ortho intramolecular Hbond substituents is 1. The molecule has 0 spiro atoms. The monoisotopic (exact) mass is 275 g/mol. The highest BCUT2D eigenvalue weighted by molar-refractivity contribution is 6.32. The van der Waals surface area contributed by atoms with Crippen molar-refractivity contribution in [3.8, 4) is 5.75 Å². The Hall–Kier alpha value is -2.00. The molecule has 19 heavy (non-hydrogen) atoms. The average molecular weight is 276 g/mol. The molecule has 3 nitrogen and oxygen atoms in total. The van der Waals surface area contributed by atoms with E-state index in [0.717, 1.165) is 11.1 Å². The minimum Gasteiger partial charge on any atom is -0.506 e. The SMILES string of the molecule is Cc1ccc(CC(=O)Nc2ccc(O)c(Cl)c2)cc1. The molecule has 0 heterocycles. The van der Waals surface area contributed by atoms with Gasteiger partial charge in [0.05, 0.1) is 11.4 Å². The minimum atomic E-state index is -0.120. The number of hydrogen-bond donors (Lipinski definition) is 2. The summed E-state index contributed by atoms with van der Waals surface area (Å²) in [5, 5.41) is 12.2. The fraction of sp³-hybridized carbons (Fsp3) is 0.133. The zero-order valence-electron chi connectivity index (χ0n) is 10.5. The van der Waals surface area contributed by atoms with Crippen molar-refractivity contribution in [2.75, 3.05) is 5.32 Å². The quantitative estimate of drug-likeness (QED) is 0.842. The summed E-state index contributed by atoms with van der Waals surface area (Å²) < 4.78 is 0. The average Bonchev–Trinajstić information content (AvgIpc) is 2.37. The molecule has 2 aromatic rings. The van der Waals surface area contributed by atoms with Gasteiger partial charge in [0.1, 0.15) is 5.75 Å². The number of halogens is 1. The van der Waals surface area contributed by atoms with Crippen LogP contribution in [0.5, 0.6) is 5.75 Å². The number of aromatic hydroxyl groups is 1. The van der Waals surface area contributed by atoms with Crippen molar-refractivity contribution < 1.29 is 9.90 Å². The second kappa shape index (κ2) is 5.76. The molecule has 0 unspecified atom stereocenters. The first-order chi connectivity index (χ1) is 9.04. The van der Waals surface area contributed by atoms with Crippen LogP contribution in [0.3, 0.4) is 0 Å². The van der Waals surface area contributed by atoms with Crippen LogP contribution >= 0.6 is 11.6 Å². The third kappa shape index (κ3) is 3.73. The smallest absolute Gasteiger partial charge is 0.228 e. The van der Waals surface area contributed by atoms with Crippen molar-refractivity contribution in [2.24, 2.45) is 0 Å². The van der Waals surface area contributed by atoms with E-state index in [4.69, 9.17) is 11.6 Å². The van der Waals surface area contributed by atoms with Gasteiger partial charge in [-0.05, 0) is 30.7 Å². The molecule has 4 heteroatoms. The predicted octanol–water partition coefficient (Wildman–Crippen LogP) is 3.54. The number of rotatable bonds is 3. The summed E-state index contributed by atoms with van der Waals surface area (Å²) in [7, 11) is 0. The molecule has 2 N–H and O–H groups in total. The van der Waals surface area contributed by atoms with Crippen LogP contribution in [0.15, 0.2) is 42.5 Å². The Kier molecular flexibility index (Phi) is 4.07. The van der Waals surface area contributed by atoms with E-state index in [-0.39, 0.29) is 16.7 Å². The van der Waals surface area contributed by atoms with Gasteiger partial charge in [-0.1, -0.05) is 41.4 Å². The Morgan fingerprint density at radius 2 is 1.89 bits per heavy atom. The molecular weight excluding hydrogens is 262 g/mol. The van der Waals surface area contributed by atoms with Crippen LogP contribution in [0.2, 0.25) is 5.02 Å². The number of carbonyl (C=O) groups is 1. The Morgan fingerprint density at radius 3 is 2.53 bits per heavy atom. The van der Waals surface area contributed by atoms with Crippen molar-refractivity contribution in [3.05, 3.63) is 58.6 Å². The van der Waals surface area contributed by atoms with E-state index in [1.807, 2.05) is 31.2 Å². The fourth-order valence-electron chi connectivity index (χ4n) is 1.68. The normalized spacial score (nSPS) is 10.2. The van der Waals surface area contributed by atoms with E-state index in [0.29, 0.717) is 12.1 Å². The van der Waals surface area contributed by atoms with Crippen LogP contribution in [-0.4, -0.2) is 11.0 Å². The van der Waals surface area contributed by atoms with Crippen molar-refractivity contribution in [3.63, 3.8) is 0 Å². The minimum absolute atomic E-state index is 0.00167. The Labute approximate surface area is 116 Å². The summed E-state index contributed by atoms with van der Waals surface area (Å²) in [5.41, 5.74) is 2.68. The number of hydrogen-bond acceptors (Lipinski definition) is 2. The molecule has 0 saturated carbocycles. The largest absolute Gasteiger partial charge is 0.506 e. The lowest BCUT2D eigenvalue weighted by Crippen LogP contribution is -2.14. The standard InChI is InChI=1S/C15H14ClNO2/c1-10-2-4-11(5-3-10)8-15(19)17-12-6-7-14(18)13(16)9-12/h2-7,9,18H,8H2,1H3,(H,17,19). The number of anilines is 1. The van der Waals surface area contributed by atoms with E-state index < -0.39 is 0 Å². The predicted molar refractivity (Wildman–Crippen MR) is 76.6 cm³/mol. The molecule has 0 aliphatic heterocycles. The third-order valence-corrected chi connectivity index (χ3v) is 3.02. The van der Waals surface area contributed by atoms with Gasteiger partial charge in [-0.15, -0.1) is 0 Å². The first-order valence-electron chi connectivity index (χ1n) is 5.88. The maximum absolute atomic E-state index is 11.8. The summed E-state index contributed by atoms with van der Waals surface area (Å²) in [6.07, 6.45) is 0.304. The van der Waals surface area contributed by atoms with Gasteiger partial charge in [0.25, 0.3) is 0 Å². The maximum Gasteiger partial charge on any atom is 0.228 e. The van der Waals surface area contributed by atoms with Gasteiger partial charge in [-0.3, -0.25) is 4.79 Å². The lowest BCUT2D eigenvalue weighted by atomic mass is 10.1. The van der Waals surface area contributed by atoms with Gasteiger partial charge in [-0.2, -0.15) is 0 Å². The summed E-state index contributed by atoms with van der Waals surface area (Å²) in [4.78, 5) is 11.8. The summed E-state index contributed by atoms with van der Waals surface area (Å²) in [5.74, 6) is -0.121. The zero-order valence-corrected chi connectivity index (χ0v) is 11.2. The summed E-state index contributed by atoms with van der Waals surface area (Å²) in [6.45, 7) is 2.00. The van der Waals surface area contributed by atoms with Crippen LogP contribution in [-0.2, 0) is 11.2 Å². The van der Waals surface area contributed by atoms with Gasteiger partial charge in [-0.25, -0.2) is 0 Å². The summed E-state index contributed by atoms with van der Waals surface area (Å²) in [6, 6.07) is 12.4. The van der Waals surface area contributed by atoms with Gasteiger partial charge in [0.2, 0.25) is 5.91 Å². The highest BCUT2D eigenvalue weighted by Gasteiger charge is 2.06. The molecule has 0 radical (unpaired) electrons. The lowest BCUT2D eigenvalue weighted by molar-refractivity contribution is -0.115. The Bertz CT molecular complexity index is 594. The second-order valence-corrected chi connectivity index (χ2v) is 4.78. The van der Waals surface area contributed by atoms with E-state index in [1.54, 1.807) is 6.07 Å². The second-order valence-electron chi connectivity index (χ2n) is 4.38. The van der Waals surface area contributed by atoms with Crippen LogP contribution in [0, 0.1) is 6.92 Å². The molecule has 0 aromatic heterocycles. The van der Waals surface area contributed by atoms with Crippen molar-refractivity contribution >= 4 is 23.2 Å². The highest BCUT2D eigenvalue weighted by atomic mass is 35.5. The van der Waals surface area contributed by atoms with Crippen LogP contribution in [0.1, 0.15) is 11.1 Å². The van der Waals surface area contributed by atoms with Gasteiger partial charge in [0, 0.05) is 5.69 Å². The first kappa shape index (κ1) is 13.4. The van der Waals surface area contributed by atoms with Crippen LogP contribution < -0.4 is 5.32 Å². The topological polar surface area (TPSA) is 49.3 Å². The van der Waals surface area contributed by atoms with Gasteiger partial charge in [0.15, 0.2) is 0 Å². The first-order valence-corrected chi connectivity index (χ1v) is 6.26. The molecule has 0 fully saturated rings. The van der Waals surface area contributed by atoms with E-state index in [1.165, 1.54) is 12.1 Å². The molecule has 98 valence electrons. The lowest BCUT2D eigenvalue weighted by Gasteiger charge is -2.06. The van der Waals surface area contributed by atoms with Gasteiger partial charge >= 0.3 is 0 Å². The van der Waals surface area contributed by atoms with Crippen molar-refractivity contribution in [1.82, 2.24) is 0 Å². The third-order valence-electron chi connectivity index (χ3n) is 2.72. The van der Waals surface area contributed by atoms with E-state index in [2.05, 4.69) is 5.32 Å². The molecule has 2 aromatic carbocycles. The summed E-state index contributed by atoms with van der Waals surface area (Å²) >= 11 is 5.77. The van der Waals surface area contributed by atoms with Crippen LogP contribution in [0.4, 0.5) is 5.69 Å². The molecule has 0 saturated heterocycles. The van der Waals surface area contributed by atoms with E-state index >= 15 is 0 Å². The maximum atomic E-state index is 11.8. The number of aryl methyl sites for hydroxylation is 1. The molecule has 2 rings (SSSR count). The molecule has 0 atom stereocenters. The van der Waals surface area contributed by atoms with Crippen molar-refractivity contribution in [2.45, 2.75) is 13.3 Å². The Morgan fingerprint density at radius 1 is 1.21 bits per heavy atom. The molecular formula is C15H14ClNO2. The molecule has 0 aliphatic carbocycles. The number of nitrogens with one attached hydrogen (secondary N) is 1. The number of benzene rings is 2. The zero-order chi connectivity index (χ0) is 13.8. The number of carbonyl (C=O) groups excluding carboxylic acids is 1. The molecule has 0 bridgehead atoms. The number of amides is 1. The fourth-order valence-corrected chi connectivity index (χ4v) is 1.86. The van der Waals surface area contributed by atoms with Gasteiger partial charge < -0.3 is 10.4 Å². The Balaban J connectivity index is 2.01. The number of phenols is 1. The van der Waals surface area contributed by atoms with Crippen LogP contribution in [0.25, 0.3) is 0 Å². The van der Waals surface area contributed by atoms with E-state index in [9.17, 15) is 9.90 Å². The molecule has 1 amide bonds. The molecule has 0 aliphatic rings. The van der Waals surface area contributed by atoms with Crippen molar-refractivity contribution in [1.29, 1.82) is 0 Å².